The van der Waals surface area contributed by atoms with Gasteiger partial charge >= 0.3 is 0 Å². The van der Waals surface area contributed by atoms with Crippen LogP contribution in [0, 0.1) is 5.92 Å². The number of nitrogens with one attached hydrogen (secondary N) is 1. The van der Waals surface area contributed by atoms with Crippen LogP contribution in [-0.2, 0) is 4.79 Å². The highest BCUT2D eigenvalue weighted by atomic mass is 35.5. The molecule has 7 heteroatoms. The monoisotopic (exact) mass is 465 g/mol. The van der Waals surface area contributed by atoms with Crippen molar-refractivity contribution in [2.45, 2.75) is 20.3 Å². The summed E-state index contributed by atoms with van der Waals surface area (Å²) < 4.78 is 5.72. The molecule has 0 atom stereocenters. The Hall–Kier alpha value is -3.25. The number of hydrogen-bond acceptors (Lipinski definition) is 4. The molecule has 4 rings (SSSR count). The predicted octanol–water partition coefficient (Wildman–Crippen LogP) is 5.55. The highest BCUT2D eigenvalue weighted by molar-refractivity contribution is 6.30. The maximum atomic E-state index is 12.6. The first-order chi connectivity index (χ1) is 15.9. The minimum Gasteiger partial charge on any atom is -0.451 e. The normalized spacial score (nSPS) is 13.9. The lowest BCUT2D eigenvalue weighted by atomic mass is 10.1. The van der Waals surface area contributed by atoms with Gasteiger partial charge in [-0.1, -0.05) is 25.4 Å². The number of carbonyl (C=O) groups excluding carboxylic acids is 2. The molecule has 0 spiro atoms. The summed E-state index contributed by atoms with van der Waals surface area (Å²) in [5, 5.41) is 3.52. The Morgan fingerprint density at radius 1 is 0.939 bits per heavy atom. The van der Waals surface area contributed by atoms with E-state index >= 15 is 0 Å². The Balaban J connectivity index is 1.32. The zero-order chi connectivity index (χ0) is 23.4. The summed E-state index contributed by atoms with van der Waals surface area (Å²) in [5.41, 5.74) is 2.62. The molecule has 172 valence electrons. The van der Waals surface area contributed by atoms with E-state index in [1.807, 2.05) is 41.3 Å². The summed E-state index contributed by atoms with van der Waals surface area (Å²) in [6.45, 7) is 7.21. The van der Waals surface area contributed by atoms with E-state index in [0.29, 0.717) is 28.8 Å². The summed E-state index contributed by atoms with van der Waals surface area (Å²) in [5.74, 6) is 1.16. The van der Waals surface area contributed by atoms with E-state index in [4.69, 9.17) is 16.0 Å². The number of benzene rings is 2. The van der Waals surface area contributed by atoms with E-state index in [1.54, 1.807) is 24.3 Å². The Labute approximate surface area is 199 Å². The highest BCUT2D eigenvalue weighted by Gasteiger charge is 2.22. The summed E-state index contributed by atoms with van der Waals surface area (Å²) in [4.78, 5) is 29.1. The number of hydrogen-bond donors (Lipinski definition) is 1. The Morgan fingerprint density at radius 3 is 2.24 bits per heavy atom. The largest absolute Gasteiger partial charge is 0.451 e. The summed E-state index contributed by atoms with van der Waals surface area (Å²) in [6.07, 6.45) is 0.602. The average molecular weight is 466 g/mol. The van der Waals surface area contributed by atoms with E-state index in [9.17, 15) is 9.59 Å². The van der Waals surface area contributed by atoms with E-state index in [1.165, 1.54) is 0 Å². The van der Waals surface area contributed by atoms with Crippen LogP contribution in [0.25, 0.3) is 11.3 Å². The molecule has 1 aromatic heterocycles. The van der Waals surface area contributed by atoms with Gasteiger partial charge in [-0.15, -0.1) is 0 Å². The minimum absolute atomic E-state index is 0.236. The second kappa shape index (κ2) is 10.1. The number of furan rings is 1. The fourth-order valence-corrected chi connectivity index (χ4v) is 4.00. The highest BCUT2D eigenvalue weighted by Crippen LogP contribution is 2.25. The van der Waals surface area contributed by atoms with Gasteiger partial charge in [0.05, 0.1) is 0 Å². The van der Waals surface area contributed by atoms with Gasteiger partial charge in [0.25, 0.3) is 5.91 Å². The fraction of sp³-hybridized carbons (Fsp3) is 0.308. The van der Waals surface area contributed by atoms with Crippen LogP contribution in [0.4, 0.5) is 11.4 Å². The maximum absolute atomic E-state index is 12.6. The van der Waals surface area contributed by atoms with Gasteiger partial charge in [-0.05, 0) is 66.6 Å². The first-order valence-corrected chi connectivity index (χ1v) is 11.6. The molecule has 1 saturated heterocycles. The van der Waals surface area contributed by atoms with Crippen molar-refractivity contribution in [2.24, 2.45) is 5.92 Å². The zero-order valence-corrected chi connectivity index (χ0v) is 19.6. The molecule has 1 aliphatic rings. The Kier molecular flexibility index (Phi) is 7.04. The number of piperazine rings is 1. The number of halogens is 1. The van der Waals surface area contributed by atoms with Crippen molar-refractivity contribution in [1.29, 1.82) is 0 Å². The first-order valence-electron chi connectivity index (χ1n) is 11.2. The van der Waals surface area contributed by atoms with Crippen LogP contribution in [-0.4, -0.2) is 42.9 Å². The molecular formula is C26H28ClN3O3. The summed E-state index contributed by atoms with van der Waals surface area (Å²) in [7, 11) is 0. The zero-order valence-electron chi connectivity index (χ0n) is 18.9. The molecule has 1 fully saturated rings. The molecule has 0 radical (unpaired) electrons. The van der Waals surface area contributed by atoms with Crippen molar-refractivity contribution < 1.29 is 14.0 Å². The topological polar surface area (TPSA) is 65.8 Å². The molecule has 0 aliphatic carbocycles. The number of anilines is 2. The van der Waals surface area contributed by atoms with Gasteiger partial charge in [0.1, 0.15) is 5.76 Å². The second-order valence-electron chi connectivity index (χ2n) is 8.64. The second-order valence-corrected chi connectivity index (χ2v) is 9.07. The molecule has 0 unspecified atom stereocenters. The Bertz CT molecular complexity index is 1100. The number of amides is 2. The van der Waals surface area contributed by atoms with Gasteiger partial charge in [0.2, 0.25) is 5.91 Å². The van der Waals surface area contributed by atoms with Crippen molar-refractivity contribution in [1.82, 2.24) is 4.90 Å². The fourth-order valence-electron chi connectivity index (χ4n) is 3.87. The number of rotatable bonds is 6. The lowest BCUT2D eigenvalue weighted by Crippen LogP contribution is -2.49. The van der Waals surface area contributed by atoms with Crippen molar-refractivity contribution in [2.75, 3.05) is 36.4 Å². The number of nitrogens with zero attached hydrogens (tertiary/aromatic N) is 2. The third-order valence-corrected chi connectivity index (χ3v) is 5.92. The predicted molar refractivity (Wildman–Crippen MR) is 132 cm³/mol. The quantitative estimate of drug-likeness (QED) is 0.518. The molecule has 2 heterocycles. The van der Waals surface area contributed by atoms with Gasteiger partial charge in [0, 0.05) is 54.6 Å². The van der Waals surface area contributed by atoms with Gasteiger partial charge < -0.3 is 19.5 Å². The molecular weight excluding hydrogens is 438 g/mol. The molecule has 2 aromatic carbocycles. The minimum atomic E-state index is -0.305. The van der Waals surface area contributed by atoms with Crippen LogP contribution in [0.15, 0.2) is 65.1 Å². The lowest BCUT2D eigenvalue weighted by molar-refractivity contribution is -0.132. The van der Waals surface area contributed by atoms with Crippen molar-refractivity contribution >= 4 is 34.8 Å². The molecule has 3 aromatic rings. The van der Waals surface area contributed by atoms with E-state index < -0.39 is 0 Å². The molecule has 33 heavy (non-hydrogen) atoms. The standard InChI is InChI=1S/C26H28ClN3O3/c1-18(2)17-25(31)30-15-13-29(14-16-30)22-9-7-21(8-10-22)28-26(32)24-12-11-23(33-24)19-3-5-20(27)6-4-19/h3-12,18H,13-17H2,1-2H3,(H,28,32). The van der Waals surface area contributed by atoms with Gasteiger partial charge in [-0.25, -0.2) is 0 Å². The molecule has 6 nitrogen and oxygen atoms in total. The van der Waals surface area contributed by atoms with Gasteiger partial charge in [0.15, 0.2) is 5.76 Å². The van der Waals surface area contributed by atoms with Gasteiger partial charge in [-0.2, -0.15) is 0 Å². The number of carbonyl (C=O) groups is 2. The molecule has 0 saturated carbocycles. The lowest BCUT2D eigenvalue weighted by Gasteiger charge is -2.36. The molecule has 2 amide bonds. The van der Waals surface area contributed by atoms with Gasteiger partial charge in [-0.3, -0.25) is 9.59 Å². The SMILES string of the molecule is CC(C)CC(=O)N1CCN(c2ccc(NC(=O)c3ccc(-c4ccc(Cl)cc4)o3)cc2)CC1. The van der Waals surface area contributed by atoms with E-state index in [2.05, 4.69) is 24.1 Å². The van der Waals surface area contributed by atoms with Crippen LogP contribution >= 0.6 is 11.6 Å². The van der Waals surface area contributed by atoms with Crippen LogP contribution in [0.3, 0.4) is 0 Å². The summed E-state index contributed by atoms with van der Waals surface area (Å²) in [6, 6.07) is 18.4. The maximum Gasteiger partial charge on any atom is 0.291 e. The molecule has 0 bridgehead atoms. The van der Waals surface area contributed by atoms with E-state index in [-0.39, 0.29) is 17.6 Å². The Morgan fingerprint density at radius 2 is 1.61 bits per heavy atom. The smallest absolute Gasteiger partial charge is 0.291 e. The summed E-state index contributed by atoms with van der Waals surface area (Å²) >= 11 is 5.93. The van der Waals surface area contributed by atoms with Crippen molar-refractivity contribution in [3.63, 3.8) is 0 Å². The molecule has 1 N–H and O–H groups in total. The third kappa shape index (κ3) is 5.76. The average Bonchev–Trinajstić information content (AvgIpc) is 3.30. The van der Waals surface area contributed by atoms with E-state index in [0.717, 1.165) is 37.4 Å². The van der Waals surface area contributed by atoms with Crippen LogP contribution < -0.4 is 10.2 Å². The van der Waals surface area contributed by atoms with Crippen molar-refractivity contribution in [3.05, 3.63) is 71.4 Å². The molecule has 1 aliphatic heterocycles. The van der Waals surface area contributed by atoms with Crippen molar-refractivity contribution in [3.8, 4) is 11.3 Å². The third-order valence-electron chi connectivity index (χ3n) is 5.66. The van der Waals surface area contributed by atoms with Crippen LogP contribution in [0.1, 0.15) is 30.8 Å². The van der Waals surface area contributed by atoms with Crippen LogP contribution in [0.2, 0.25) is 5.02 Å². The van der Waals surface area contributed by atoms with Crippen LogP contribution in [0.5, 0.6) is 0 Å². The first kappa shape index (κ1) is 22.9.